The number of benzene rings is 2. The number of aliphatic hydroxyl groups is 1. The molecule has 4 rings (SSSR count). The summed E-state index contributed by atoms with van der Waals surface area (Å²) in [6, 6.07) is 15.6. The van der Waals surface area contributed by atoms with Gasteiger partial charge in [0.2, 0.25) is 0 Å². The Hall–Kier alpha value is -2.75. The molecule has 162 valence electrons. The molecule has 0 amide bonds. The number of ether oxygens (including phenoxy) is 1. The van der Waals surface area contributed by atoms with Gasteiger partial charge in [0.1, 0.15) is 17.3 Å². The van der Waals surface area contributed by atoms with Crippen LogP contribution in [-0.2, 0) is 10.4 Å². The molecule has 2 N–H and O–H groups in total. The Morgan fingerprint density at radius 2 is 2.03 bits per heavy atom. The quantitative estimate of drug-likeness (QED) is 0.744. The maximum absolute atomic E-state index is 14.5. The van der Waals surface area contributed by atoms with Gasteiger partial charge in [-0.1, -0.05) is 36.4 Å². The van der Waals surface area contributed by atoms with E-state index in [1.807, 2.05) is 30.3 Å². The van der Waals surface area contributed by atoms with Crippen molar-refractivity contribution < 1.29 is 19.0 Å². The van der Waals surface area contributed by atoms with Gasteiger partial charge in [-0.3, -0.25) is 4.79 Å². The molecule has 1 aliphatic heterocycles. The van der Waals surface area contributed by atoms with E-state index in [1.54, 1.807) is 25.3 Å². The van der Waals surface area contributed by atoms with Gasteiger partial charge in [0.05, 0.1) is 24.7 Å². The van der Waals surface area contributed by atoms with Crippen LogP contribution in [0, 0.1) is 34.9 Å². The number of nitrogens with one attached hydrogen (secondary N) is 1. The third-order valence-electron chi connectivity index (χ3n) is 6.99. The van der Waals surface area contributed by atoms with Crippen molar-refractivity contribution in [2.75, 3.05) is 20.2 Å². The minimum atomic E-state index is -1.24. The zero-order chi connectivity index (χ0) is 22.0. The van der Waals surface area contributed by atoms with Crippen LogP contribution in [0.25, 0.3) is 0 Å². The molecule has 2 aliphatic rings. The molecule has 0 bridgehead atoms. The number of nitriles is 1. The predicted molar refractivity (Wildman–Crippen MR) is 114 cm³/mol. The summed E-state index contributed by atoms with van der Waals surface area (Å²) in [6.45, 7) is 1.38. The highest BCUT2D eigenvalue weighted by Gasteiger charge is 2.53. The highest BCUT2D eigenvalue weighted by molar-refractivity contribution is 5.88. The van der Waals surface area contributed by atoms with E-state index in [0.29, 0.717) is 30.8 Å². The number of halogens is 1. The normalized spacial score (nSPS) is 28.4. The molecule has 2 aromatic carbocycles. The van der Waals surface area contributed by atoms with Gasteiger partial charge in [-0.15, -0.1) is 0 Å². The van der Waals surface area contributed by atoms with Crippen molar-refractivity contribution in [3.63, 3.8) is 0 Å². The second-order valence-corrected chi connectivity index (χ2v) is 8.62. The lowest BCUT2D eigenvalue weighted by molar-refractivity contribution is -0.136. The van der Waals surface area contributed by atoms with E-state index in [9.17, 15) is 19.6 Å². The summed E-state index contributed by atoms with van der Waals surface area (Å²) in [7, 11) is 1.57. The number of carbonyl (C=O) groups excluding carboxylic acids is 1. The molecule has 0 radical (unpaired) electrons. The minimum Gasteiger partial charge on any atom is -0.496 e. The van der Waals surface area contributed by atoms with E-state index in [0.717, 1.165) is 0 Å². The first-order valence-corrected chi connectivity index (χ1v) is 10.7. The summed E-state index contributed by atoms with van der Waals surface area (Å²) in [6.07, 6.45) is 0.755. The number of rotatable bonds is 6. The minimum absolute atomic E-state index is 0.0456. The van der Waals surface area contributed by atoms with Crippen LogP contribution in [0.15, 0.2) is 48.5 Å². The standard InChI is InChI=1S/C25H27FN2O3/c1-31-23-9-5-3-7-20(23)25(30)13-16(12-17-14-28-15-21(17)25)24(29)19(10-11-27)18-6-2-4-8-22(18)26/h2-9,16-17,19,21,28,30H,10,12-15H2,1H3/t16-,17-,19?,21+,25+/m0/s1. The van der Waals surface area contributed by atoms with Gasteiger partial charge in [0.25, 0.3) is 0 Å². The fourth-order valence-corrected chi connectivity index (χ4v) is 5.54. The molecule has 1 saturated carbocycles. The highest BCUT2D eigenvalue weighted by Crippen LogP contribution is 2.51. The first-order valence-electron chi connectivity index (χ1n) is 10.7. The fraction of sp³-hybridized carbons (Fsp3) is 0.440. The van der Waals surface area contributed by atoms with Crippen LogP contribution in [0.4, 0.5) is 4.39 Å². The summed E-state index contributed by atoms with van der Waals surface area (Å²) < 4.78 is 20.0. The van der Waals surface area contributed by atoms with Crippen molar-refractivity contribution in [2.24, 2.45) is 17.8 Å². The number of ketones is 1. The van der Waals surface area contributed by atoms with E-state index in [2.05, 4.69) is 5.32 Å². The molecule has 2 fully saturated rings. The van der Waals surface area contributed by atoms with Crippen molar-refractivity contribution in [2.45, 2.75) is 30.8 Å². The SMILES string of the molecule is COc1ccccc1[C@]1(O)C[C@@H](C(=O)C(CC#N)c2ccccc2F)C[C@H]2CNC[C@H]21. The molecule has 5 nitrogen and oxygen atoms in total. The summed E-state index contributed by atoms with van der Waals surface area (Å²) in [5.41, 5.74) is -0.316. The third kappa shape index (κ3) is 3.84. The monoisotopic (exact) mass is 422 g/mol. The molecular formula is C25H27FN2O3. The fourth-order valence-electron chi connectivity index (χ4n) is 5.54. The summed E-state index contributed by atoms with van der Waals surface area (Å²) >= 11 is 0. The van der Waals surface area contributed by atoms with Crippen molar-refractivity contribution in [3.8, 4) is 11.8 Å². The van der Waals surface area contributed by atoms with Crippen LogP contribution >= 0.6 is 0 Å². The number of methoxy groups -OCH3 is 1. The number of fused-ring (bicyclic) bond motifs is 1. The Kier molecular flexibility index (Phi) is 6.08. The number of Topliss-reactive ketones (excluding diaryl/α,β-unsaturated/α-hetero) is 1. The van der Waals surface area contributed by atoms with Crippen LogP contribution < -0.4 is 10.1 Å². The molecular weight excluding hydrogens is 395 g/mol. The topological polar surface area (TPSA) is 82.3 Å². The molecule has 1 aliphatic carbocycles. The van der Waals surface area contributed by atoms with Crippen LogP contribution in [0.5, 0.6) is 5.75 Å². The van der Waals surface area contributed by atoms with Gasteiger partial charge in [0.15, 0.2) is 0 Å². The number of nitrogens with zero attached hydrogens (tertiary/aromatic N) is 1. The average Bonchev–Trinajstić information content (AvgIpc) is 3.27. The van der Waals surface area contributed by atoms with E-state index in [4.69, 9.17) is 4.74 Å². The molecule has 1 unspecified atom stereocenters. The van der Waals surface area contributed by atoms with E-state index >= 15 is 0 Å². The maximum Gasteiger partial charge on any atom is 0.144 e. The van der Waals surface area contributed by atoms with Crippen LogP contribution in [0.1, 0.15) is 36.3 Å². The molecule has 2 aromatic rings. The molecule has 0 aromatic heterocycles. The number of hydrogen-bond donors (Lipinski definition) is 2. The molecule has 1 heterocycles. The van der Waals surface area contributed by atoms with E-state index in [1.165, 1.54) is 6.07 Å². The third-order valence-corrected chi connectivity index (χ3v) is 6.99. The highest BCUT2D eigenvalue weighted by atomic mass is 19.1. The predicted octanol–water partition coefficient (Wildman–Crippen LogP) is 3.53. The molecule has 0 spiro atoms. The Balaban J connectivity index is 1.71. The summed E-state index contributed by atoms with van der Waals surface area (Å²) in [5, 5.41) is 24.7. The zero-order valence-corrected chi connectivity index (χ0v) is 17.6. The Labute approximate surface area is 181 Å². The smallest absolute Gasteiger partial charge is 0.144 e. The second-order valence-electron chi connectivity index (χ2n) is 8.62. The largest absolute Gasteiger partial charge is 0.496 e. The molecule has 6 heteroatoms. The Bertz CT molecular complexity index is 1000. The Morgan fingerprint density at radius 1 is 1.29 bits per heavy atom. The van der Waals surface area contributed by atoms with Crippen molar-refractivity contribution in [3.05, 3.63) is 65.5 Å². The van der Waals surface area contributed by atoms with Gasteiger partial charge in [-0.2, -0.15) is 5.26 Å². The summed E-state index contributed by atoms with van der Waals surface area (Å²) in [4.78, 5) is 13.6. The maximum atomic E-state index is 14.5. The molecule has 5 atom stereocenters. The first-order chi connectivity index (χ1) is 15.0. The Morgan fingerprint density at radius 3 is 2.77 bits per heavy atom. The number of para-hydroxylation sites is 1. The van der Waals surface area contributed by atoms with E-state index < -0.39 is 23.3 Å². The summed E-state index contributed by atoms with van der Waals surface area (Å²) in [5.74, 6) is -1.32. The van der Waals surface area contributed by atoms with Gasteiger partial charge >= 0.3 is 0 Å². The first kappa shape index (κ1) is 21.5. The lowest BCUT2D eigenvalue weighted by Gasteiger charge is -2.45. The lowest BCUT2D eigenvalue weighted by atomic mass is 9.61. The van der Waals surface area contributed by atoms with Crippen molar-refractivity contribution in [1.29, 1.82) is 5.26 Å². The van der Waals surface area contributed by atoms with E-state index in [-0.39, 0.29) is 36.0 Å². The molecule has 31 heavy (non-hydrogen) atoms. The van der Waals surface area contributed by atoms with Gasteiger partial charge in [-0.05, 0) is 43.0 Å². The van der Waals surface area contributed by atoms with Crippen molar-refractivity contribution in [1.82, 2.24) is 5.32 Å². The van der Waals surface area contributed by atoms with Gasteiger partial charge in [-0.25, -0.2) is 4.39 Å². The van der Waals surface area contributed by atoms with Crippen LogP contribution in [0.3, 0.4) is 0 Å². The lowest BCUT2D eigenvalue weighted by Crippen LogP contribution is -2.48. The van der Waals surface area contributed by atoms with Crippen LogP contribution in [0.2, 0.25) is 0 Å². The van der Waals surface area contributed by atoms with Gasteiger partial charge < -0.3 is 15.2 Å². The zero-order valence-electron chi connectivity index (χ0n) is 17.6. The van der Waals surface area contributed by atoms with Crippen molar-refractivity contribution >= 4 is 5.78 Å². The molecule has 1 saturated heterocycles. The number of hydrogen-bond acceptors (Lipinski definition) is 5. The number of carbonyl (C=O) groups is 1. The average molecular weight is 423 g/mol. The second kappa shape index (κ2) is 8.78. The van der Waals surface area contributed by atoms with Crippen LogP contribution in [-0.4, -0.2) is 31.1 Å². The van der Waals surface area contributed by atoms with Gasteiger partial charge in [0, 0.05) is 30.4 Å².